The molecule has 5 rings (SSSR count). The van der Waals surface area contributed by atoms with Crippen molar-refractivity contribution in [3.8, 4) is 11.5 Å². The number of ether oxygens (including phenoxy) is 1. The first-order valence-electron chi connectivity index (χ1n) is 13.4. The van der Waals surface area contributed by atoms with Crippen LogP contribution in [0.2, 0.25) is 0 Å². The smallest absolute Gasteiger partial charge is 0.407 e. The second-order valence-electron chi connectivity index (χ2n) is 11.2. The van der Waals surface area contributed by atoms with Crippen molar-refractivity contribution in [3.05, 3.63) is 53.6 Å². The molecule has 1 N–H and O–H groups in total. The summed E-state index contributed by atoms with van der Waals surface area (Å²) in [5, 5.41) is 4.12. The number of hydrogen-bond acceptors (Lipinski definition) is 4. The molecule has 2 aromatic carbocycles. The molecule has 1 aliphatic heterocycles. The third-order valence-corrected chi connectivity index (χ3v) is 7.24. The second-order valence-corrected chi connectivity index (χ2v) is 11.2. The van der Waals surface area contributed by atoms with Crippen LogP contribution in [0.3, 0.4) is 0 Å². The van der Waals surface area contributed by atoms with Crippen molar-refractivity contribution >= 4 is 33.9 Å². The molecule has 8 nitrogen and oxygen atoms in total. The molecular weight excluding hydrogens is 478 g/mol. The molecule has 4 aromatic rings. The van der Waals surface area contributed by atoms with E-state index < -0.39 is 11.7 Å². The monoisotopic (exact) mass is 515 g/mol. The molecule has 38 heavy (non-hydrogen) atoms. The van der Waals surface area contributed by atoms with Crippen molar-refractivity contribution in [2.45, 2.75) is 65.6 Å². The van der Waals surface area contributed by atoms with Gasteiger partial charge in [-0.05, 0) is 77.3 Å². The van der Waals surface area contributed by atoms with Crippen LogP contribution in [0.5, 0.6) is 0 Å². The van der Waals surface area contributed by atoms with Crippen LogP contribution in [0, 0.1) is 6.92 Å². The molecule has 0 spiro atoms. The number of carbonyl (C=O) groups is 2. The highest BCUT2D eigenvalue weighted by Gasteiger charge is 2.28. The summed E-state index contributed by atoms with van der Waals surface area (Å²) in [6.45, 7) is 11.6. The van der Waals surface area contributed by atoms with Crippen molar-refractivity contribution in [1.29, 1.82) is 0 Å². The Bertz CT molecular complexity index is 1520. The minimum atomic E-state index is -0.562. The second kappa shape index (κ2) is 9.82. The third-order valence-electron chi connectivity index (χ3n) is 7.24. The number of amides is 2. The average molecular weight is 516 g/mol. The number of aromatic nitrogens is 3. The Balaban J connectivity index is 1.43. The van der Waals surface area contributed by atoms with Crippen molar-refractivity contribution in [2.24, 2.45) is 7.05 Å². The van der Waals surface area contributed by atoms with Crippen LogP contribution in [0.25, 0.3) is 33.5 Å². The van der Waals surface area contributed by atoms with Crippen LogP contribution in [0.1, 0.15) is 56.5 Å². The van der Waals surface area contributed by atoms with E-state index in [2.05, 4.69) is 57.8 Å². The average Bonchev–Trinajstić information content (AvgIpc) is 3.39. The number of hydrogen-bond donors (Lipinski definition) is 1. The number of imidazole rings is 1. The van der Waals surface area contributed by atoms with Crippen LogP contribution in [0.4, 0.5) is 4.79 Å². The first-order chi connectivity index (χ1) is 18.1. The maximum absolute atomic E-state index is 13.6. The summed E-state index contributed by atoms with van der Waals surface area (Å²) in [7, 11) is 2.03. The number of alkyl carbamates (subject to hydrolysis) is 1. The van der Waals surface area contributed by atoms with Crippen LogP contribution in [0.15, 0.2) is 42.5 Å². The molecule has 1 aliphatic rings. The van der Waals surface area contributed by atoms with Crippen LogP contribution in [-0.2, 0) is 18.3 Å². The van der Waals surface area contributed by atoms with Gasteiger partial charge in [-0.15, -0.1) is 0 Å². The minimum absolute atomic E-state index is 0.0324. The molecule has 0 bridgehead atoms. The fourth-order valence-electron chi connectivity index (χ4n) is 5.46. The van der Waals surface area contributed by atoms with Gasteiger partial charge < -0.3 is 24.1 Å². The first kappa shape index (κ1) is 25.8. The molecule has 0 radical (unpaired) electrons. The molecule has 3 heterocycles. The SMILES string of the molecule is CCn1c(-c2nc3cc(C(=O)N4CCC[C@@H](NC(=O)OC(C)(C)C)C4)c(C)cc3n2C)cc2ccccc21. The van der Waals surface area contributed by atoms with Crippen molar-refractivity contribution in [3.63, 3.8) is 0 Å². The molecular formula is C30H37N5O3. The number of nitrogens with one attached hydrogen (secondary N) is 1. The summed E-state index contributed by atoms with van der Waals surface area (Å²) in [5.74, 6) is 0.844. The number of carbonyl (C=O) groups excluding carboxylic acids is 2. The topological polar surface area (TPSA) is 81.4 Å². The first-order valence-corrected chi connectivity index (χ1v) is 13.4. The lowest BCUT2D eigenvalue weighted by atomic mass is 10.0. The number of fused-ring (bicyclic) bond motifs is 2. The highest BCUT2D eigenvalue weighted by atomic mass is 16.6. The quantitative estimate of drug-likeness (QED) is 0.381. The number of benzene rings is 2. The normalized spacial score (nSPS) is 16.3. The number of para-hydroxylation sites is 1. The number of piperidine rings is 1. The standard InChI is InChI=1S/C30H37N5O3/c1-7-35-24-13-9-8-11-20(24)16-26(35)27-32-23-17-22(19(2)15-25(23)33(27)6)28(36)34-14-10-12-21(18-34)31-29(37)38-30(3,4)5/h8-9,11,13,15-17,21H,7,10,12,14,18H2,1-6H3,(H,31,37)/t21-/m1/s1. The van der Waals surface area contributed by atoms with E-state index in [0.717, 1.165) is 47.5 Å². The number of rotatable bonds is 4. The van der Waals surface area contributed by atoms with E-state index in [-0.39, 0.29) is 11.9 Å². The summed E-state index contributed by atoms with van der Waals surface area (Å²) >= 11 is 0. The summed E-state index contributed by atoms with van der Waals surface area (Å²) < 4.78 is 9.80. The van der Waals surface area contributed by atoms with Crippen molar-refractivity contribution < 1.29 is 14.3 Å². The van der Waals surface area contributed by atoms with E-state index in [1.165, 1.54) is 10.9 Å². The molecule has 0 unspecified atom stereocenters. The molecule has 2 amide bonds. The summed E-state index contributed by atoms with van der Waals surface area (Å²) in [6, 6.07) is 14.4. The van der Waals surface area contributed by atoms with Crippen LogP contribution >= 0.6 is 0 Å². The Hall–Kier alpha value is -3.81. The van der Waals surface area contributed by atoms with Crippen LogP contribution in [-0.4, -0.2) is 55.8 Å². The minimum Gasteiger partial charge on any atom is -0.444 e. The summed E-state index contributed by atoms with van der Waals surface area (Å²) in [4.78, 5) is 32.8. The Morgan fingerprint density at radius 3 is 2.63 bits per heavy atom. The molecule has 0 saturated carbocycles. The Morgan fingerprint density at radius 1 is 1.13 bits per heavy atom. The third kappa shape index (κ3) is 4.87. The fraction of sp³-hybridized carbons (Fsp3) is 0.433. The van der Waals surface area contributed by atoms with Gasteiger partial charge in [0.25, 0.3) is 5.91 Å². The zero-order chi connectivity index (χ0) is 27.2. The Morgan fingerprint density at radius 2 is 1.89 bits per heavy atom. The van der Waals surface area contributed by atoms with Gasteiger partial charge in [-0.25, -0.2) is 9.78 Å². The van der Waals surface area contributed by atoms with Gasteiger partial charge in [0.1, 0.15) is 5.60 Å². The Kier molecular flexibility index (Phi) is 6.67. The molecule has 200 valence electrons. The van der Waals surface area contributed by atoms with Gasteiger partial charge in [0.15, 0.2) is 5.82 Å². The predicted octanol–water partition coefficient (Wildman–Crippen LogP) is 5.65. The molecule has 1 fully saturated rings. The Labute approximate surface area is 223 Å². The van der Waals surface area contributed by atoms with Gasteiger partial charge >= 0.3 is 6.09 Å². The number of aryl methyl sites for hydroxylation is 3. The molecule has 1 atom stereocenters. The fourth-order valence-corrected chi connectivity index (χ4v) is 5.46. The van der Waals surface area contributed by atoms with Gasteiger partial charge in [-0.2, -0.15) is 0 Å². The lowest BCUT2D eigenvalue weighted by molar-refractivity contribution is 0.0452. The number of likely N-dealkylation sites (tertiary alicyclic amines) is 1. The molecule has 8 heteroatoms. The van der Waals surface area contributed by atoms with E-state index >= 15 is 0 Å². The van der Waals surface area contributed by atoms with E-state index in [0.29, 0.717) is 18.7 Å². The van der Waals surface area contributed by atoms with E-state index in [1.807, 2.05) is 45.7 Å². The molecule has 0 aliphatic carbocycles. The van der Waals surface area contributed by atoms with Crippen LogP contribution < -0.4 is 5.32 Å². The van der Waals surface area contributed by atoms with Gasteiger partial charge in [0.05, 0.1) is 16.7 Å². The number of nitrogens with zero attached hydrogens (tertiary/aromatic N) is 4. The van der Waals surface area contributed by atoms with Crippen molar-refractivity contribution in [2.75, 3.05) is 13.1 Å². The summed E-state index contributed by atoms with van der Waals surface area (Å²) in [5.41, 5.74) is 5.03. The van der Waals surface area contributed by atoms with Gasteiger partial charge in [-0.1, -0.05) is 18.2 Å². The largest absolute Gasteiger partial charge is 0.444 e. The van der Waals surface area contributed by atoms with E-state index in [1.54, 1.807) is 0 Å². The maximum atomic E-state index is 13.6. The zero-order valence-electron chi connectivity index (χ0n) is 23.2. The van der Waals surface area contributed by atoms with Gasteiger partial charge in [-0.3, -0.25) is 4.79 Å². The lowest BCUT2D eigenvalue weighted by Crippen LogP contribution is -2.50. The molecule has 1 saturated heterocycles. The highest BCUT2D eigenvalue weighted by Crippen LogP contribution is 2.31. The molecule has 2 aromatic heterocycles. The van der Waals surface area contributed by atoms with Gasteiger partial charge in [0.2, 0.25) is 0 Å². The predicted molar refractivity (Wildman–Crippen MR) is 150 cm³/mol. The van der Waals surface area contributed by atoms with Gasteiger partial charge in [0, 0.05) is 49.2 Å². The van der Waals surface area contributed by atoms with Crippen molar-refractivity contribution in [1.82, 2.24) is 24.3 Å². The summed E-state index contributed by atoms with van der Waals surface area (Å²) in [6.07, 6.45) is 1.19. The highest BCUT2D eigenvalue weighted by molar-refractivity contribution is 6.00. The van der Waals surface area contributed by atoms with E-state index in [4.69, 9.17) is 9.72 Å². The lowest BCUT2D eigenvalue weighted by Gasteiger charge is -2.34. The maximum Gasteiger partial charge on any atom is 0.407 e. The van der Waals surface area contributed by atoms with E-state index in [9.17, 15) is 9.59 Å². The zero-order valence-corrected chi connectivity index (χ0v) is 23.2.